The van der Waals surface area contributed by atoms with Crippen molar-refractivity contribution in [1.29, 1.82) is 0 Å². The van der Waals surface area contributed by atoms with Crippen LogP contribution in [0.1, 0.15) is 35.6 Å². The number of amides is 1. The third kappa shape index (κ3) is 4.39. The number of rotatable bonds is 7. The molecule has 5 rings (SSSR count). The van der Waals surface area contributed by atoms with Crippen LogP contribution in [-0.4, -0.2) is 38.0 Å². The first-order chi connectivity index (χ1) is 18.4. The molecular formula is C29H27N5O4. The molecule has 2 aromatic heterocycles. The molecule has 0 aliphatic heterocycles. The summed E-state index contributed by atoms with van der Waals surface area (Å²) in [5.41, 5.74) is 4.99. The summed E-state index contributed by atoms with van der Waals surface area (Å²) in [5.74, 6) is 0.820. The van der Waals surface area contributed by atoms with E-state index in [1.165, 1.54) is 10.8 Å². The predicted molar refractivity (Wildman–Crippen MR) is 148 cm³/mol. The lowest BCUT2D eigenvalue weighted by Gasteiger charge is -2.14. The molecule has 9 nitrogen and oxygen atoms in total. The second kappa shape index (κ2) is 10.2. The van der Waals surface area contributed by atoms with E-state index in [-0.39, 0.29) is 11.4 Å². The molecular weight excluding hydrogens is 482 g/mol. The van der Waals surface area contributed by atoms with Gasteiger partial charge in [-0.15, -0.1) is 0 Å². The van der Waals surface area contributed by atoms with Gasteiger partial charge in [-0.2, -0.15) is 5.10 Å². The number of imidazole rings is 1. The summed E-state index contributed by atoms with van der Waals surface area (Å²) < 4.78 is 8.76. The fourth-order valence-electron chi connectivity index (χ4n) is 4.60. The number of benzene rings is 3. The number of hydrogen-bond acceptors (Lipinski definition) is 6. The van der Waals surface area contributed by atoms with E-state index >= 15 is 0 Å². The first-order valence-corrected chi connectivity index (χ1v) is 12.3. The van der Waals surface area contributed by atoms with Crippen molar-refractivity contribution < 1.29 is 14.6 Å². The van der Waals surface area contributed by atoms with Gasteiger partial charge in [0.15, 0.2) is 0 Å². The quantitative estimate of drug-likeness (QED) is 0.247. The van der Waals surface area contributed by atoms with Crippen molar-refractivity contribution in [2.24, 2.45) is 5.10 Å². The van der Waals surface area contributed by atoms with E-state index in [2.05, 4.69) is 20.1 Å². The summed E-state index contributed by atoms with van der Waals surface area (Å²) in [6, 6.07) is 19.1. The Balaban J connectivity index is 1.49. The van der Waals surface area contributed by atoms with Crippen LogP contribution in [0.15, 0.2) is 76.6 Å². The number of aromatic hydroxyl groups is 1. The van der Waals surface area contributed by atoms with Crippen LogP contribution < -0.4 is 15.7 Å². The summed E-state index contributed by atoms with van der Waals surface area (Å²) in [4.78, 5) is 30.6. The number of ether oxygens (including phenoxy) is 1. The maximum atomic E-state index is 13.3. The number of carbonyl (C=O) groups is 1. The minimum absolute atomic E-state index is 0.294. The first-order valence-electron chi connectivity index (χ1n) is 12.3. The zero-order valence-electron chi connectivity index (χ0n) is 21.3. The van der Waals surface area contributed by atoms with Gasteiger partial charge in [0.05, 0.1) is 35.1 Å². The number of pyridine rings is 1. The zero-order chi connectivity index (χ0) is 26.8. The normalized spacial score (nSPS) is 11.4. The second-order valence-electron chi connectivity index (χ2n) is 8.66. The van der Waals surface area contributed by atoms with Crippen molar-refractivity contribution in [3.05, 3.63) is 94.0 Å². The maximum absolute atomic E-state index is 13.3. The van der Waals surface area contributed by atoms with E-state index < -0.39 is 5.91 Å². The molecule has 0 spiro atoms. The van der Waals surface area contributed by atoms with Crippen molar-refractivity contribution >= 4 is 33.9 Å². The van der Waals surface area contributed by atoms with E-state index in [9.17, 15) is 14.7 Å². The Morgan fingerprint density at radius 1 is 1.08 bits per heavy atom. The van der Waals surface area contributed by atoms with E-state index in [4.69, 9.17) is 4.74 Å². The first kappa shape index (κ1) is 24.8. The fourth-order valence-corrected chi connectivity index (χ4v) is 4.60. The standard InChI is InChI=1S/C29H27N5O4/c1-4-33-18(3)31-25-16-19(10-15-26(25)33)27(35)32-30-17-24-22-8-6-7-9-23(22)28(36)34(29(24)37)20-11-13-21(14-12-20)38-5-2/h6-17,37H,4-5H2,1-3H3,(H,32,35). The molecule has 0 aliphatic carbocycles. The van der Waals surface area contributed by atoms with Crippen molar-refractivity contribution in [3.8, 4) is 17.3 Å². The Hall–Kier alpha value is -4.92. The van der Waals surface area contributed by atoms with Crippen LogP contribution in [0.2, 0.25) is 0 Å². The highest BCUT2D eigenvalue weighted by Gasteiger charge is 2.17. The molecule has 38 heavy (non-hydrogen) atoms. The average Bonchev–Trinajstić information content (AvgIpc) is 3.25. The van der Waals surface area contributed by atoms with E-state index in [0.717, 1.165) is 23.4 Å². The Morgan fingerprint density at radius 3 is 2.53 bits per heavy atom. The summed E-state index contributed by atoms with van der Waals surface area (Å²) in [6.07, 6.45) is 1.34. The highest BCUT2D eigenvalue weighted by molar-refractivity contribution is 6.03. The lowest BCUT2D eigenvalue weighted by atomic mass is 10.1. The number of hydrogen-bond donors (Lipinski definition) is 2. The molecule has 192 valence electrons. The van der Waals surface area contributed by atoms with Gasteiger partial charge >= 0.3 is 0 Å². The van der Waals surface area contributed by atoms with Crippen molar-refractivity contribution in [2.45, 2.75) is 27.3 Å². The van der Waals surface area contributed by atoms with Gasteiger partial charge in [-0.3, -0.25) is 9.59 Å². The molecule has 0 unspecified atom stereocenters. The summed E-state index contributed by atoms with van der Waals surface area (Å²) in [5, 5.41) is 16.2. The van der Waals surface area contributed by atoms with Gasteiger partial charge in [-0.1, -0.05) is 18.2 Å². The van der Waals surface area contributed by atoms with Crippen LogP contribution in [0.3, 0.4) is 0 Å². The molecule has 0 fully saturated rings. The van der Waals surface area contributed by atoms with Gasteiger partial charge in [0.1, 0.15) is 11.6 Å². The molecule has 1 amide bonds. The number of fused-ring (bicyclic) bond motifs is 2. The molecule has 5 aromatic rings. The summed E-state index contributed by atoms with van der Waals surface area (Å²) in [6.45, 7) is 7.16. The number of carbonyl (C=O) groups excluding carboxylic acids is 1. The molecule has 0 saturated heterocycles. The molecule has 2 heterocycles. The number of nitrogens with one attached hydrogen (secondary N) is 1. The molecule has 9 heteroatoms. The topological polar surface area (TPSA) is 111 Å². The number of aromatic nitrogens is 3. The highest BCUT2D eigenvalue weighted by atomic mass is 16.5. The number of hydrazone groups is 1. The lowest BCUT2D eigenvalue weighted by Crippen LogP contribution is -2.21. The minimum atomic E-state index is -0.421. The van der Waals surface area contributed by atoms with Gasteiger partial charge < -0.3 is 14.4 Å². The van der Waals surface area contributed by atoms with E-state index in [0.29, 0.717) is 39.9 Å². The maximum Gasteiger partial charge on any atom is 0.271 e. The van der Waals surface area contributed by atoms with Crippen molar-refractivity contribution in [2.75, 3.05) is 6.61 Å². The fraction of sp³-hybridized carbons (Fsp3) is 0.172. The molecule has 0 atom stereocenters. The van der Waals surface area contributed by atoms with E-state index in [1.54, 1.807) is 60.7 Å². The van der Waals surface area contributed by atoms with Crippen LogP contribution >= 0.6 is 0 Å². The van der Waals surface area contributed by atoms with Crippen LogP contribution in [0, 0.1) is 6.92 Å². The van der Waals surface area contributed by atoms with Gasteiger partial charge in [-0.25, -0.2) is 15.0 Å². The Bertz CT molecular complexity index is 1750. The molecule has 0 radical (unpaired) electrons. The molecule has 0 saturated carbocycles. The van der Waals surface area contributed by atoms with Crippen LogP contribution in [-0.2, 0) is 6.54 Å². The third-order valence-corrected chi connectivity index (χ3v) is 6.39. The predicted octanol–water partition coefficient (Wildman–Crippen LogP) is 4.54. The Labute approximate surface area is 218 Å². The average molecular weight is 510 g/mol. The van der Waals surface area contributed by atoms with Crippen LogP contribution in [0.25, 0.3) is 27.5 Å². The zero-order valence-corrected chi connectivity index (χ0v) is 21.3. The minimum Gasteiger partial charge on any atom is -0.494 e. The van der Waals surface area contributed by atoms with Gasteiger partial charge in [-0.05, 0) is 69.3 Å². The monoisotopic (exact) mass is 509 g/mol. The van der Waals surface area contributed by atoms with Crippen LogP contribution in [0.4, 0.5) is 0 Å². The smallest absolute Gasteiger partial charge is 0.271 e. The summed E-state index contributed by atoms with van der Waals surface area (Å²) >= 11 is 0. The van der Waals surface area contributed by atoms with Gasteiger partial charge in [0.25, 0.3) is 11.5 Å². The Morgan fingerprint density at radius 2 is 1.82 bits per heavy atom. The third-order valence-electron chi connectivity index (χ3n) is 6.39. The molecule has 0 bridgehead atoms. The lowest BCUT2D eigenvalue weighted by molar-refractivity contribution is 0.0955. The highest BCUT2D eigenvalue weighted by Crippen LogP contribution is 2.27. The Kier molecular flexibility index (Phi) is 6.66. The number of aryl methyl sites for hydroxylation is 2. The van der Waals surface area contributed by atoms with Crippen LogP contribution in [0.5, 0.6) is 11.6 Å². The van der Waals surface area contributed by atoms with Crippen molar-refractivity contribution in [1.82, 2.24) is 19.5 Å². The van der Waals surface area contributed by atoms with Crippen molar-refractivity contribution in [3.63, 3.8) is 0 Å². The van der Waals surface area contributed by atoms with Gasteiger partial charge in [0, 0.05) is 22.9 Å². The van der Waals surface area contributed by atoms with Gasteiger partial charge in [0.2, 0.25) is 5.88 Å². The summed E-state index contributed by atoms with van der Waals surface area (Å²) in [7, 11) is 0. The number of nitrogens with zero attached hydrogens (tertiary/aromatic N) is 4. The second-order valence-corrected chi connectivity index (χ2v) is 8.66. The molecule has 0 aliphatic rings. The van der Waals surface area contributed by atoms with E-state index in [1.807, 2.05) is 26.8 Å². The SMILES string of the molecule is CCOc1ccc(-n2c(O)c(C=NNC(=O)c3ccc4c(c3)nc(C)n4CC)c3ccccc3c2=O)cc1. The molecule has 3 aromatic carbocycles. The molecule has 2 N–H and O–H groups in total. The largest absolute Gasteiger partial charge is 0.494 e.